The summed E-state index contributed by atoms with van der Waals surface area (Å²) in [5.41, 5.74) is 12.8. The van der Waals surface area contributed by atoms with Crippen LogP contribution in [0.1, 0.15) is 149 Å². The summed E-state index contributed by atoms with van der Waals surface area (Å²) < 4.78 is 0. The van der Waals surface area contributed by atoms with Gasteiger partial charge in [-0.1, -0.05) is 96.9 Å². The maximum absolute atomic E-state index is 15.5. The normalized spacial score (nSPS) is 25.2. The predicted molar refractivity (Wildman–Crippen MR) is 364 cm³/mol. The molecule has 28 nitrogen and oxygen atoms in total. The monoisotopic (exact) mass is 1330 g/mol. The van der Waals surface area contributed by atoms with Gasteiger partial charge in [-0.15, -0.1) is 0 Å². The molecule has 10 N–H and O–H groups in total. The Labute approximate surface area is 562 Å². The summed E-state index contributed by atoms with van der Waals surface area (Å²) in [5, 5.41) is 23.6. The Hall–Kier alpha value is -7.91. The number of likely N-dealkylation sites (N-methyl/N-ethyl adjacent to an activating group) is 7. The van der Waals surface area contributed by atoms with Crippen LogP contribution in [-0.2, 0) is 59.2 Å². The number of benzene rings is 1. The lowest BCUT2D eigenvalue weighted by molar-refractivity contribution is -0.157. The molecule has 0 spiro atoms. The molecule has 2 aromatic rings. The number of hydrogen-bond acceptors (Lipinski definition) is 14. The first kappa shape index (κ1) is 81.3. The van der Waals surface area contributed by atoms with Gasteiger partial charge < -0.3 is 77.1 Å². The van der Waals surface area contributed by atoms with Crippen LogP contribution in [0.5, 0.6) is 0 Å². The smallest absolute Gasteiger partial charge is 0.246 e. The summed E-state index contributed by atoms with van der Waals surface area (Å²) in [6, 6.07) is -7.77. The Morgan fingerprint density at radius 3 is 1.49 bits per heavy atom. The van der Waals surface area contributed by atoms with Crippen LogP contribution in [0.3, 0.4) is 0 Å². The number of hydrogen-bond donors (Lipinski definition) is 8. The number of rotatable bonds is 16. The second-order valence-corrected chi connectivity index (χ2v) is 28.4. The van der Waals surface area contributed by atoms with Crippen molar-refractivity contribution in [1.82, 2.24) is 65.5 Å². The molecule has 1 fully saturated rings. The van der Waals surface area contributed by atoms with Gasteiger partial charge in [0.2, 0.25) is 65.0 Å². The molecule has 3 rings (SSSR count). The average molecular weight is 1340 g/mol. The van der Waals surface area contributed by atoms with Crippen LogP contribution < -0.4 is 32.7 Å². The number of nitrogens with zero attached hydrogens (tertiary/aromatic N) is 9. The summed E-state index contributed by atoms with van der Waals surface area (Å²) >= 11 is 0. The highest BCUT2D eigenvalue weighted by molar-refractivity contribution is 6.00. The van der Waals surface area contributed by atoms with Gasteiger partial charge in [-0.25, -0.2) is 9.98 Å². The molecule has 11 amide bonds. The van der Waals surface area contributed by atoms with E-state index in [1.54, 1.807) is 59.7 Å². The lowest BCUT2D eigenvalue weighted by atomic mass is 9.91. The number of nitrogens with one attached hydrogen (secondary N) is 5. The SMILES string of the molecule is CCC1NC(=O)C(C(O)C(C)Cc2nc3ccc(N=C(N)N)cc3[nH]2)N(C)C(=O)C(C(C)C)N(C)C(=O)C(CC(C)C)N(C)C(=O)C(CC(C)C)N(C)C(=O)C(C)NC(=O)C(C)NC(=O)C(CC(C)C)N(C)C(=O)C(C(C)C)NC(=O)C(CC(C)C)N(C)C(=O)CN(C)C1=O. The number of imidazole rings is 1. The van der Waals surface area contributed by atoms with Crippen LogP contribution in [-0.4, -0.2) is 243 Å². The van der Waals surface area contributed by atoms with Crippen molar-refractivity contribution in [3.8, 4) is 0 Å². The minimum absolute atomic E-state index is 0.0287. The molecule has 28 heteroatoms. The van der Waals surface area contributed by atoms with Gasteiger partial charge in [-0.05, 0) is 106 Å². The number of carbonyl (C=O) groups excluding carboxylic acids is 11. The molecule has 95 heavy (non-hydrogen) atoms. The second-order valence-electron chi connectivity index (χ2n) is 28.4. The number of carbonyl (C=O) groups is 11. The number of aliphatic hydroxyl groups excluding tert-OH is 1. The van der Waals surface area contributed by atoms with E-state index in [0.29, 0.717) is 22.5 Å². The van der Waals surface area contributed by atoms with Gasteiger partial charge in [0.15, 0.2) is 5.96 Å². The lowest BCUT2D eigenvalue weighted by Crippen LogP contribution is -2.63. The Morgan fingerprint density at radius 1 is 0.537 bits per heavy atom. The van der Waals surface area contributed by atoms with Gasteiger partial charge in [0, 0.05) is 55.8 Å². The summed E-state index contributed by atoms with van der Waals surface area (Å²) in [6.45, 7) is 27.3. The van der Waals surface area contributed by atoms with Gasteiger partial charge in [0.25, 0.3) is 0 Å². The molecule has 534 valence electrons. The van der Waals surface area contributed by atoms with E-state index in [0.717, 1.165) is 9.80 Å². The van der Waals surface area contributed by atoms with Gasteiger partial charge >= 0.3 is 0 Å². The summed E-state index contributed by atoms with van der Waals surface area (Å²) in [6.07, 6.45) is -1.16. The number of fused-ring (bicyclic) bond motifs is 1. The van der Waals surface area contributed by atoms with E-state index in [4.69, 9.17) is 16.5 Å². The number of aliphatic hydroxyl groups is 1. The van der Waals surface area contributed by atoms with E-state index < -0.39 is 156 Å². The summed E-state index contributed by atoms with van der Waals surface area (Å²) in [5.74, 6) is -10.2. The second kappa shape index (κ2) is 35.7. The Kier molecular flexibility index (Phi) is 30.6. The Bertz CT molecular complexity index is 3050. The van der Waals surface area contributed by atoms with Crippen molar-refractivity contribution in [2.45, 2.75) is 216 Å². The molecule has 1 aliphatic rings. The summed E-state index contributed by atoms with van der Waals surface area (Å²) in [4.78, 5) is 182. The zero-order valence-electron chi connectivity index (χ0n) is 60.7. The summed E-state index contributed by atoms with van der Waals surface area (Å²) in [7, 11) is 9.80. The van der Waals surface area contributed by atoms with Crippen molar-refractivity contribution in [2.75, 3.05) is 55.9 Å². The van der Waals surface area contributed by atoms with Gasteiger partial charge in [-0.3, -0.25) is 52.7 Å². The fourth-order valence-corrected chi connectivity index (χ4v) is 12.0. The van der Waals surface area contributed by atoms with Crippen molar-refractivity contribution in [3.63, 3.8) is 0 Å². The zero-order chi connectivity index (χ0) is 72.7. The van der Waals surface area contributed by atoms with Crippen LogP contribution in [0.15, 0.2) is 23.2 Å². The first-order chi connectivity index (χ1) is 44.0. The van der Waals surface area contributed by atoms with Gasteiger partial charge in [-0.2, -0.15) is 0 Å². The van der Waals surface area contributed by atoms with E-state index in [1.807, 2.05) is 55.4 Å². The number of aliphatic imine (C=N–C) groups is 1. The van der Waals surface area contributed by atoms with Crippen molar-refractivity contribution in [3.05, 3.63) is 24.0 Å². The van der Waals surface area contributed by atoms with Gasteiger partial charge in [0.1, 0.15) is 66.2 Å². The largest absolute Gasteiger partial charge is 0.390 e. The van der Waals surface area contributed by atoms with Crippen molar-refractivity contribution in [1.29, 1.82) is 0 Å². The third kappa shape index (κ3) is 21.8. The van der Waals surface area contributed by atoms with Crippen LogP contribution in [0.25, 0.3) is 11.0 Å². The lowest BCUT2D eigenvalue weighted by Gasteiger charge is -2.41. The van der Waals surface area contributed by atoms with Crippen LogP contribution in [0, 0.1) is 41.4 Å². The molecule has 0 bridgehead atoms. The molecule has 0 radical (unpaired) electrons. The van der Waals surface area contributed by atoms with Crippen LogP contribution >= 0.6 is 0 Å². The molecule has 1 saturated heterocycles. The quantitative estimate of drug-likeness (QED) is 0.0883. The van der Waals surface area contributed by atoms with E-state index >= 15 is 19.2 Å². The minimum Gasteiger partial charge on any atom is -0.390 e. The number of H-pyrrole nitrogens is 1. The average Bonchev–Trinajstić information content (AvgIpc) is 1.57. The highest BCUT2D eigenvalue weighted by Gasteiger charge is 2.46. The van der Waals surface area contributed by atoms with E-state index in [-0.39, 0.29) is 68.2 Å². The molecule has 0 aliphatic carbocycles. The highest BCUT2D eigenvalue weighted by Crippen LogP contribution is 2.27. The fraction of sp³-hybridized carbons (Fsp3) is 0.716. The first-order valence-electron chi connectivity index (χ1n) is 33.3. The van der Waals surface area contributed by atoms with Crippen molar-refractivity contribution >= 4 is 87.7 Å². The predicted octanol–water partition coefficient (Wildman–Crippen LogP) is 2.33. The maximum Gasteiger partial charge on any atom is 0.246 e. The molecule has 0 saturated carbocycles. The number of guanidine groups is 1. The fourth-order valence-electron chi connectivity index (χ4n) is 12.0. The van der Waals surface area contributed by atoms with E-state index in [2.05, 4.69) is 31.2 Å². The van der Waals surface area contributed by atoms with E-state index in [9.17, 15) is 38.7 Å². The molecule has 1 aromatic heterocycles. The van der Waals surface area contributed by atoms with E-state index in [1.165, 1.54) is 87.7 Å². The number of aromatic nitrogens is 2. The molecule has 1 aromatic carbocycles. The molecule has 12 unspecified atom stereocenters. The highest BCUT2D eigenvalue weighted by atomic mass is 16.3. The van der Waals surface area contributed by atoms with Gasteiger partial charge in [0.05, 0.1) is 29.4 Å². The Morgan fingerprint density at radius 2 is 1.00 bits per heavy atom. The first-order valence-corrected chi connectivity index (χ1v) is 33.3. The molecular weight excluding hydrogens is 1220 g/mol. The minimum atomic E-state index is -1.75. The number of amides is 11. The molecule has 1 aliphatic heterocycles. The molecule has 2 heterocycles. The third-order valence-electron chi connectivity index (χ3n) is 17.6. The van der Waals surface area contributed by atoms with Crippen molar-refractivity contribution in [2.24, 2.45) is 57.9 Å². The van der Waals surface area contributed by atoms with Crippen molar-refractivity contribution < 1.29 is 57.8 Å². The third-order valence-corrected chi connectivity index (χ3v) is 17.6. The Balaban J connectivity index is 2.33. The standard InChI is InChI=1S/C67H114N16O12/c1-24-44-62(91)77(17)33-52(84)78(18)47(27-34(2)3)59(88)76-53(38(10)11)65(94)79(19)48(28-35(4)5)58(87)70-41(15)57(86)71-42(16)61(90)80(20)49(29-36(6)7)63(92)81(21)50(30-37(8)9)64(93)82(22)54(39(12)13)66(95)83(23)55(60(89)75-44)56(85)40(14)31-51-73-45-26-25-43(72-67(68)69)32-46(45)74-51/h25-26,32,34-42,44,47-50,53-56,85H,24,27-31,33H2,1-23H3,(H,70,87)(H,71,86)(H,73,74)(H,75,89)(H,76,88)(H4,68,69,72). The molecule has 12 atom stereocenters. The number of aromatic amines is 1. The van der Waals surface area contributed by atoms with Crippen LogP contribution in [0.4, 0.5) is 5.69 Å². The maximum atomic E-state index is 15.5. The number of nitrogens with two attached hydrogens (primary N) is 2. The zero-order valence-corrected chi connectivity index (χ0v) is 60.7. The topological polar surface area (TPSA) is 372 Å². The molecular formula is C67H114N16O12. The van der Waals surface area contributed by atoms with Crippen LogP contribution in [0.2, 0.25) is 0 Å².